The molecule has 0 unspecified atom stereocenters. The van der Waals surface area contributed by atoms with Crippen LogP contribution in [-0.4, -0.2) is 6.54 Å². The molecule has 80 valence electrons. The number of hydrogen-bond acceptors (Lipinski definition) is 1. The summed E-state index contributed by atoms with van der Waals surface area (Å²) < 4.78 is 37.5. The first kappa shape index (κ1) is 11.6. The Hall–Kier alpha value is -1.47. The van der Waals surface area contributed by atoms with Gasteiger partial charge in [0.1, 0.15) is 0 Å². The van der Waals surface area contributed by atoms with Crippen LogP contribution in [0.15, 0.2) is 24.3 Å². The molecule has 0 saturated heterocycles. The summed E-state index contributed by atoms with van der Waals surface area (Å²) in [4.78, 5) is 0. The molecule has 0 amide bonds. The number of terminal acetylenes is 1. The molecule has 0 fully saturated rings. The van der Waals surface area contributed by atoms with Gasteiger partial charge in [-0.15, -0.1) is 6.42 Å². The lowest BCUT2D eigenvalue weighted by atomic mass is 10.1. The lowest BCUT2D eigenvalue weighted by Gasteiger charge is -2.12. The Labute approximate surface area is 86.3 Å². The van der Waals surface area contributed by atoms with Crippen molar-refractivity contribution >= 4 is 0 Å². The van der Waals surface area contributed by atoms with Gasteiger partial charge in [0, 0.05) is 6.54 Å². The number of alkyl halides is 3. The summed E-state index contributed by atoms with van der Waals surface area (Å²) in [5, 5.41) is 2.73. The monoisotopic (exact) mass is 213 g/mol. The van der Waals surface area contributed by atoms with Gasteiger partial charge < -0.3 is 5.32 Å². The Morgan fingerprint density at radius 3 is 2.53 bits per heavy atom. The van der Waals surface area contributed by atoms with Gasteiger partial charge in [-0.1, -0.05) is 24.1 Å². The predicted molar refractivity (Wildman–Crippen MR) is 52.0 cm³/mol. The van der Waals surface area contributed by atoms with Gasteiger partial charge in [0.15, 0.2) is 0 Å². The first-order valence-corrected chi connectivity index (χ1v) is 4.35. The molecule has 15 heavy (non-hydrogen) atoms. The highest BCUT2D eigenvalue weighted by Crippen LogP contribution is 2.31. The van der Waals surface area contributed by atoms with Crippen LogP contribution in [0, 0.1) is 12.3 Å². The van der Waals surface area contributed by atoms with E-state index in [1.165, 1.54) is 12.1 Å². The third-order valence-corrected chi connectivity index (χ3v) is 1.87. The summed E-state index contributed by atoms with van der Waals surface area (Å²) in [6.45, 7) is 0.381. The molecular formula is C11H10F3N. The molecular weight excluding hydrogens is 203 g/mol. The SMILES string of the molecule is C#CCNCc1ccccc1C(F)(F)F. The third kappa shape index (κ3) is 3.30. The van der Waals surface area contributed by atoms with E-state index in [4.69, 9.17) is 6.42 Å². The number of rotatable bonds is 3. The molecule has 0 aliphatic carbocycles. The minimum Gasteiger partial charge on any atom is -0.302 e. The third-order valence-electron chi connectivity index (χ3n) is 1.87. The topological polar surface area (TPSA) is 12.0 Å². The van der Waals surface area contributed by atoms with Gasteiger partial charge in [0.05, 0.1) is 12.1 Å². The molecule has 1 rings (SSSR count). The molecule has 0 heterocycles. The first-order chi connectivity index (χ1) is 7.05. The molecule has 4 heteroatoms. The van der Waals surface area contributed by atoms with E-state index in [0.717, 1.165) is 6.07 Å². The average molecular weight is 213 g/mol. The molecule has 0 aliphatic rings. The Balaban J connectivity index is 2.83. The maximum absolute atomic E-state index is 12.5. The van der Waals surface area contributed by atoms with Gasteiger partial charge in [-0.2, -0.15) is 13.2 Å². The zero-order chi connectivity index (χ0) is 11.3. The average Bonchev–Trinajstić information content (AvgIpc) is 2.17. The van der Waals surface area contributed by atoms with Crippen LogP contribution >= 0.6 is 0 Å². The van der Waals surface area contributed by atoms with Crippen molar-refractivity contribution in [3.05, 3.63) is 35.4 Å². The molecule has 0 aliphatic heterocycles. The Kier molecular flexibility index (Phi) is 3.75. The number of benzene rings is 1. The fourth-order valence-corrected chi connectivity index (χ4v) is 1.22. The normalized spacial score (nSPS) is 11.1. The van der Waals surface area contributed by atoms with Crippen LogP contribution in [0.4, 0.5) is 13.2 Å². The molecule has 1 nitrogen and oxygen atoms in total. The van der Waals surface area contributed by atoms with Gasteiger partial charge in [-0.3, -0.25) is 0 Å². The first-order valence-electron chi connectivity index (χ1n) is 4.35. The van der Waals surface area contributed by atoms with E-state index in [1.54, 1.807) is 6.07 Å². The Morgan fingerprint density at radius 2 is 1.93 bits per heavy atom. The summed E-state index contributed by atoms with van der Waals surface area (Å²) in [6, 6.07) is 5.44. The smallest absolute Gasteiger partial charge is 0.302 e. The second-order valence-corrected chi connectivity index (χ2v) is 2.96. The summed E-state index contributed by atoms with van der Waals surface area (Å²) in [5.74, 6) is 2.30. The van der Waals surface area contributed by atoms with Crippen LogP contribution in [0.5, 0.6) is 0 Å². The fraction of sp³-hybridized carbons (Fsp3) is 0.273. The van der Waals surface area contributed by atoms with Crippen LogP contribution in [0.1, 0.15) is 11.1 Å². The molecule has 0 saturated carbocycles. The zero-order valence-electron chi connectivity index (χ0n) is 7.93. The fourth-order valence-electron chi connectivity index (χ4n) is 1.22. The van der Waals surface area contributed by atoms with Crippen molar-refractivity contribution in [3.8, 4) is 12.3 Å². The number of halogens is 3. The van der Waals surface area contributed by atoms with Gasteiger partial charge in [0.2, 0.25) is 0 Å². The van der Waals surface area contributed by atoms with Crippen LogP contribution in [0.3, 0.4) is 0 Å². The largest absolute Gasteiger partial charge is 0.416 e. The van der Waals surface area contributed by atoms with E-state index in [1.807, 2.05) is 0 Å². The van der Waals surface area contributed by atoms with Crippen molar-refractivity contribution < 1.29 is 13.2 Å². The van der Waals surface area contributed by atoms with E-state index in [2.05, 4.69) is 11.2 Å². The van der Waals surface area contributed by atoms with Crippen LogP contribution < -0.4 is 5.32 Å². The van der Waals surface area contributed by atoms with E-state index in [-0.39, 0.29) is 18.7 Å². The Bertz CT molecular complexity index is 363. The molecule has 1 aromatic carbocycles. The molecule has 1 N–H and O–H groups in total. The van der Waals surface area contributed by atoms with Gasteiger partial charge in [-0.05, 0) is 11.6 Å². The maximum Gasteiger partial charge on any atom is 0.416 e. The predicted octanol–water partition coefficient (Wildman–Crippen LogP) is 2.43. The van der Waals surface area contributed by atoms with Gasteiger partial charge in [-0.25, -0.2) is 0 Å². The second-order valence-electron chi connectivity index (χ2n) is 2.96. The molecule has 0 aromatic heterocycles. The minimum absolute atomic E-state index is 0.125. The van der Waals surface area contributed by atoms with Crippen LogP contribution in [0.25, 0.3) is 0 Å². The molecule has 0 bridgehead atoms. The summed E-state index contributed by atoms with van der Waals surface area (Å²) in [7, 11) is 0. The second kappa shape index (κ2) is 4.85. The van der Waals surface area contributed by atoms with E-state index in [9.17, 15) is 13.2 Å². The van der Waals surface area contributed by atoms with E-state index in [0.29, 0.717) is 0 Å². The van der Waals surface area contributed by atoms with Crippen molar-refractivity contribution in [2.75, 3.05) is 6.54 Å². The van der Waals surface area contributed by atoms with E-state index < -0.39 is 11.7 Å². The molecule has 0 radical (unpaired) electrons. The lowest BCUT2D eigenvalue weighted by molar-refractivity contribution is -0.138. The molecule has 0 spiro atoms. The van der Waals surface area contributed by atoms with Crippen molar-refractivity contribution in [2.45, 2.75) is 12.7 Å². The standard InChI is InChI=1S/C11H10F3N/c1-2-7-15-8-9-5-3-4-6-10(9)11(12,13)14/h1,3-6,15H,7-8H2. The molecule has 1 aromatic rings. The van der Waals surface area contributed by atoms with Crippen molar-refractivity contribution in [1.29, 1.82) is 0 Å². The summed E-state index contributed by atoms with van der Waals surface area (Å²) in [5.41, 5.74) is -0.408. The van der Waals surface area contributed by atoms with Crippen molar-refractivity contribution in [3.63, 3.8) is 0 Å². The maximum atomic E-state index is 12.5. The van der Waals surface area contributed by atoms with Crippen LogP contribution in [-0.2, 0) is 12.7 Å². The van der Waals surface area contributed by atoms with Crippen LogP contribution in [0.2, 0.25) is 0 Å². The summed E-state index contributed by atoms with van der Waals surface area (Å²) in [6.07, 6.45) is 0.671. The van der Waals surface area contributed by atoms with E-state index >= 15 is 0 Å². The highest BCUT2D eigenvalue weighted by Gasteiger charge is 2.32. The van der Waals surface area contributed by atoms with Gasteiger partial charge >= 0.3 is 6.18 Å². The van der Waals surface area contributed by atoms with Crippen molar-refractivity contribution in [2.24, 2.45) is 0 Å². The zero-order valence-corrected chi connectivity index (χ0v) is 7.93. The highest BCUT2D eigenvalue weighted by atomic mass is 19.4. The molecule has 0 atom stereocenters. The Morgan fingerprint density at radius 1 is 1.27 bits per heavy atom. The number of nitrogens with one attached hydrogen (secondary N) is 1. The minimum atomic E-state index is -4.31. The summed E-state index contributed by atoms with van der Waals surface area (Å²) >= 11 is 0. The number of hydrogen-bond donors (Lipinski definition) is 1. The quantitative estimate of drug-likeness (QED) is 0.600. The van der Waals surface area contributed by atoms with Gasteiger partial charge in [0.25, 0.3) is 0 Å². The highest BCUT2D eigenvalue weighted by molar-refractivity contribution is 5.29. The van der Waals surface area contributed by atoms with Crippen molar-refractivity contribution in [1.82, 2.24) is 5.32 Å². The lowest BCUT2D eigenvalue weighted by Crippen LogP contribution is -2.17.